The van der Waals surface area contributed by atoms with E-state index >= 15 is 0 Å². The van der Waals surface area contributed by atoms with Crippen molar-refractivity contribution in [2.45, 2.75) is 27.2 Å². The molecule has 0 aromatic carbocycles. The molecular weight excluding hydrogens is 178 g/mol. The van der Waals surface area contributed by atoms with Gasteiger partial charge in [0.1, 0.15) is 0 Å². The number of amides is 1. The maximum atomic E-state index is 11.9. The third-order valence-electron chi connectivity index (χ3n) is 2.37. The zero-order valence-corrected chi connectivity index (χ0v) is 9.67. The summed E-state index contributed by atoms with van der Waals surface area (Å²) in [4.78, 5) is 13.7. The van der Waals surface area contributed by atoms with E-state index in [2.05, 4.69) is 20.8 Å². The predicted octanol–water partition coefficient (Wildman–Crippen LogP) is 1.53. The monoisotopic (exact) mass is 199 g/mol. The summed E-state index contributed by atoms with van der Waals surface area (Å²) in [5, 5.41) is 0. The molecule has 0 spiro atoms. The van der Waals surface area contributed by atoms with Gasteiger partial charge in [-0.1, -0.05) is 20.8 Å². The Morgan fingerprint density at radius 1 is 1.50 bits per heavy atom. The third kappa shape index (κ3) is 3.29. The van der Waals surface area contributed by atoms with Gasteiger partial charge in [0.05, 0.1) is 12.5 Å². The number of rotatable bonds is 2. The second-order valence-electron chi connectivity index (χ2n) is 5.32. The largest absolute Gasteiger partial charge is 0.381 e. The highest BCUT2D eigenvalue weighted by Crippen LogP contribution is 2.19. The molecule has 1 heterocycles. The Hall–Kier alpha value is -0.570. The molecular formula is C11H21NO2. The van der Waals surface area contributed by atoms with Crippen molar-refractivity contribution in [1.82, 2.24) is 4.90 Å². The summed E-state index contributed by atoms with van der Waals surface area (Å²) in [6.07, 6.45) is 0.882. The summed E-state index contributed by atoms with van der Waals surface area (Å²) in [7, 11) is 1.88. The van der Waals surface area contributed by atoms with Crippen LogP contribution in [-0.4, -0.2) is 37.6 Å². The van der Waals surface area contributed by atoms with Crippen molar-refractivity contribution in [2.75, 3.05) is 26.8 Å². The Kier molecular flexibility index (Phi) is 3.53. The van der Waals surface area contributed by atoms with Crippen LogP contribution in [0.1, 0.15) is 27.2 Å². The van der Waals surface area contributed by atoms with Crippen LogP contribution >= 0.6 is 0 Å². The minimum absolute atomic E-state index is 0.0994. The van der Waals surface area contributed by atoms with E-state index in [4.69, 9.17) is 4.74 Å². The molecule has 14 heavy (non-hydrogen) atoms. The SMILES string of the molecule is CN(CC(C)(C)C)C(=O)[C@H]1CCOC1. The molecule has 0 saturated carbocycles. The lowest BCUT2D eigenvalue weighted by Gasteiger charge is -2.28. The van der Waals surface area contributed by atoms with Gasteiger partial charge in [0.2, 0.25) is 5.91 Å². The van der Waals surface area contributed by atoms with Crippen molar-refractivity contribution in [2.24, 2.45) is 11.3 Å². The molecule has 0 radical (unpaired) electrons. The summed E-state index contributed by atoms with van der Waals surface area (Å²) < 4.78 is 5.21. The maximum absolute atomic E-state index is 11.9. The van der Waals surface area contributed by atoms with Crippen LogP contribution in [0.2, 0.25) is 0 Å². The fraction of sp³-hybridized carbons (Fsp3) is 0.909. The van der Waals surface area contributed by atoms with Gasteiger partial charge >= 0.3 is 0 Å². The van der Waals surface area contributed by atoms with Gasteiger partial charge in [-0.2, -0.15) is 0 Å². The zero-order valence-electron chi connectivity index (χ0n) is 9.67. The van der Waals surface area contributed by atoms with E-state index in [1.54, 1.807) is 0 Å². The third-order valence-corrected chi connectivity index (χ3v) is 2.37. The van der Waals surface area contributed by atoms with Gasteiger partial charge in [-0.3, -0.25) is 4.79 Å². The number of nitrogens with zero attached hydrogens (tertiary/aromatic N) is 1. The average molecular weight is 199 g/mol. The van der Waals surface area contributed by atoms with E-state index in [1.165, 1.54) is 0 Å². The molecule has 0 aliphatic carbocycles. The Balaban J connectivity index is 2.43. The van der Waals surface area contributed by atoms with Gasteiger partial charge in [0.25, 0.3) is 0 Å². The summed E-state index contributed by atoms with van der Waals surface area (Å²) in [6, 6.07) is 0. The van der Waals surface area contributed by atoms with Crippen LogP contribution in [0.25, 0.3) is 0 Å². The summed E-state index contributed by atoms with van der Waals surface area (Å²) >= 11 is 0. The number of carbonyl (C=O) groups excluding carboxylic acids is 1. The first-order valence-corrected chi connectivity index (χ1v) is 5.23. The van der Waals surface area contributed by atoms with E-state index in [0.717, 1.165) is 19.6 Å². The van der Waals surface area contributed by atoms with E-state index in [9.17, 15) is 4.79 Å². The molecule has 1 atom stereocenters. The molecule has 3 heteroatoms. The molecule has 1 aliphatic rings. The molecule has 3 nitrogen and oxygen atoms in total. The first-order valence-electron chi connectivity index (χ1n) is 5.23. The summed E-state index contributed by atoms with van der Waals surface area (Å²) in [5.41, 5.74) is 0.171. The lowest BCUT2D eigenvalue weighted by Crippen LogP contribution is -2.38. The molecule has 0 N–H and O–H groups in total. The minimum Gasteiger partial charge on any atom is -0.381 e. The van der Waals surface area contributed by atoms with Crippen LogP contribution in [0, 0.1) is 11.3 Å². The van der Waals surface area contributed by atoms with E-state index < -0.39 is 0 Å². The van der Waals surface area contributed by atoms with Gasteiger partial charge in [-0.25, -0.2) is 0 Å². The lowest BCUT2D eigenvalue weighted by molar-refractivity contribution is -0.135. The van der Waals surface area contributed by atoms with Gasteiger partial charge in [0, 0.05) is 20.2 Å². The standard InChI is InChI=1S/C11H21NO2/c1-11(2,3)8-12(4)10(13)9-5-6-14-7-9/h9H,5-8H2,1-4H3/t9-/m0/s1. The van der Waals surface area contributed by atoms with Crippen LogP contribution in [-0.2, 0) is 9.53 Å². The molecule has 82 valence electrons. The van der Waals surface area contributed by atoms with Crippen molar-refractivity contribution in [1.29, 1.82) is 0 Å². The zero-order chi connectivity index (χ0) is 10.8. The Morgan fingerprint density at radius 3 is 2.57 bits per heavy atom. The number of carbonyl (C=O) groups is 1. The van der Waals surface area contributed by atoms with Gasteiger partial charge < -0.3 is 9.64 Å². The lowest BCUT2D eigenvalue weighted by atomic mass is 9.95. The van der Waals surface area contributed by atoms with Crippen molar-refractivity contribution in [3.8, 4) is 0 Å². The predicted molar refractivity (Wildman–Crippen MR) is 56.0 cm³/mol. The smallest absolute Gasteiger partial charge is 0.227 e. The molecule has 0 aromatic rings. The molecule has 0 bridgehead atoms. The van der Waals surface area contributed by atoms with Gasteiger partial charge in [0.15, 0.2) is 0 Å². The van der Waals surface area contributed by atoms with E-state index in [1.807, 2.05) is 11.9 Å². The minimum atomic E-state index is 0.0994. The molecule has 0 aromatic heterocycles. The van der Waals surface area contributed by atoms with Crippen molar-refractivity contribution in [3.63, 3.8) is 0 Å². The molecule has 1 aliphatic heterocycles. The molecule has 1 fully saturated rings. The van der Waals surface area contributed by atoms with Crippen molar-refractivity contribution in [3.05, 3.63) is 0 Å². The van der Waals surface area contributed by atoms with Crippen LogP contribution in [0.4, 0.5) is 0 Å². The van der Waals surface area contributed by atoms with Crippen LogP contribution in [0.15, 0.2) is 0 Å². The highest BCUT2D eigenvalue weighted by atomic mass is 16.5. The maximum Gasteiger partial charge on any atom is 0.227 e. The number of hydrogen-bond donors (Lipinski definition) is 0. The Bertz CT molecular complexity index is 202. The molecule has 1 saturated heterocycles. The summed E-state index contributed by atoms with van der Waals surface area (Å²) in [6.45, 7) is 8.57. The topological polar surface area (TPSA) is 29.5 Å². The number of hydrogen-bond acceptors (Lipinski definition) is 2. The fourth-order valence-corrected chi connectivity index (χ4v) is 1.83. The fourth-order valence-electron chi connectivity index (χ4n) is 1.83. The average Bonchev–Trinajstić information content (AvgIpc) is 2.51. The molecule has 0 unspecified atom stereocenters. The summed E-state index contributed by atoms with van der Waals surface area (Å²) in [5.74, 6) is 0.333. The second kappa shape index (κ2) is 4.30. The highest BCUT2D eigenvalue weighted by molar-refractivity contribution is 5.79. The highest BCUT2D eigenvalue weighted by Gasteiger charge is 2.27. The van der Waals surface area contributed by atoms with Gasteiger partial charge in [-0.15, -0.1) is 0 Å². The Labute approximate surface area is 86.4 Å². The van der Waals surface area contributed by atoms with Crippen LogP contribution in [0.3, 0.4) is 0 Å². The van der Waals surface area contributed by atoms with Crippen LogP contribution < -0.4 is 0 Å². The number of ether oxygens (including phenoxy) is 1. The first-order chi connectivity index (χ1) is 6.40. The van der Waals surface area contributed by atoms with E-state index in [0.29, 0.717) is 6.61 Å². The second-order valence-corrected chi connectivity index (χ2v) is 5.32. The van der Waals surface area contributed by atoms with Crippen molar-refractivity contribution >= 4 is 5.91 Å². The van der Waals surface area contributed by atoms with E-state index in [-0.39, 0.29) is 17.2 Å². The molecule has 1 amide bonds. The van der Waals surface area contributed by atoms with Crippen molar-refractivity contribution < 1.29 is 9.53 Å². The molecule has 1 rings (SSSR count). The van der Waals surface area contributed by atoms with Crippen LogP contribution in [0.5, 0.6) is 0 Å². The Morgan fingerprint density at radius 2 is 2.14 bits per heavy atom. The van der Waals surface area contributed by atoms with Gasteiger partial charge in [-0.05, 0) is 11.8 Å². The normalized spacial score (nSPS) is 22.4. The quantitative estimate of drug-likeness (QED) is 0.675. The first kappa shape index (κ1) is 11.5.